The van der Waals surface area contributed by atoms with Gasteiger partial charge >= 0.3 is 6.01 Å². The van der Waals surface area contributed by atoms with Gasteiger partial charge in [0.1, 0.15) is 17.4 Å². The maximum absolute atomic E-state index is 15.0. The SMILES string of the molecule is CCc1c(F)ccc2cc(O)cc(N3CCc4c(nc(OCC5(CN(C)C)CC5)nc4N4CCCC(c5cn(C)nn5)C4)C3)c12. The van der Waals surface area contributed by atoms with Gasteiger partial charge < -0.3 is 24.5 Å². The molecule has 1 aliphatic carbocycles. The highest BCUT2D eigenvalue weighted by Crippen LogP contribution is 2.46. The van der Waals surface area contributed by atoms with E-state index in [9.17, 15) is 5.11 Å². The van der Waals surface area contributed by atoms with Crippen LogP contribution in [0.4, 0.5) is 15.9 Å². The van der Waals surface area contributed by atoms with Gasteiger partial charge in [-0.15, -0.1) is 5.10 Å². The first-order valence-electron chi connectivity index (χ1n) is 16.2. The van der Waals surface area contributed by atoms with Crippen molar-refractivity contribution in [3.05, 3.63) is 58.8 Å². The number of nitrogens with zero attached hydrogens (tertiary/aromatic N) is 8. The first-order chi connectivity index (χ1) is 21.7. The number of piperidine rings is 1. The van der Waals surface area contributed by atoms with Gasteiger partial charge in [0.25, 0.3) is 0 Å². The molecule has 2 aromatic heterocycles. The molecule has 1 unspecified atom stereocenters. The van der Waals surface area contributed by atoms with Crippen LogP contribution in [0.25, 0.3) is 10.8 Å². The predicted octanol–water partition coefficient (Wildman–Crippen LogP) is 4.83. The number of phenolic OH excluding ortho intramolecular Hbond substituents is 1. The Morgan fingerprint density at radius 3 is 2.71 bits per heavy atom. The number of phenols is 1. The Morgan fingerprint density at radius 2 is 1.98 bits per heavy atom. The van der Waals surface area contributed by atoms with Crippen molar-refractivity contribution in [1.82, 2.24) is 29.9 Å². The molecule has 2 fully saturated rings. The number of hydrogen-bond acceptors (Lipinski definition) is 9. The van der Waals surface area contributed by atoms with Gasteiger partial charge in [-0.3, -0.25) is 4.68 Å². The summed E-state index contributed by atoms with van der Waals surface area (Å²) in [6.45, 7) is 6.48. The number of aromatic hydroxyl groups is 1. The summed E-state index contributed by atoms with van der Waals surface area (Å²) in [5.74, 6) is 1.17. The molecular formula is C34H43FN8O2. The summed E-state index contributed by atoms with van der Waals surface area (Å²) >= 11 is 0. The third kappa shape index (κ3) is 5.90. The minimum absolute atomic E-state index is 0.151. The molecule has 2 aliphatic heterocycles. The van der Waals surface area contributed by atoms with Crippen LogP contribution in [0.1, 0.15) is 61.0 Å². The summed E-state index contributed by atoms with van der Waals surface area (Å²) in [6.07, 6.45) is 7.69. The molecule has 45 heavy (non-hydrogen) atoms. The number of aromatic nitrogens is 5. The van der Waals surface area contributed by atoms with Gasteiger partial charge in [0.05, 0.1) is 24.5 Å². The van der Waals surface area contributed by atoms with Crippen molar-refractivity contribution in [2.75, 3.05) is 56.7 Å². The van der Waals surface area contributed by atoms with E-state index in [1.54, 1.807) is 22.9 Å². The zero-order valence-electron chi connectivity index (χ0n) is 26.8. The van der Waals surface area contributed by atoms with Crippen LogP contribution in [0, 0.1) is 11.2 Å². The molecule has 1 atom stereocenters. The molecule has 2 aromatic carbocycles. The topological polar surface area (TPSA) is 95.7 Å². The van der Waals surface area contributed by atoms with Gasteiger partial charge in [-0.1, -0.05) is 18.2 Å². The molecule has 11 heteroatoms. The highest BCUT2D eigenvalue weighted by molar-refractivity contribution is 5.98. The van der Waals surface area contributed by atoms with E-state index in [0.717, 1.165) is 91.0 Å². The van der Waals surface area contributed by atoms with Crippen LogP contribution in [-0.4, -0.2) is 81.8 Å². The summed E-state index contributed by atoms with van der Waals surface area (Å²) < 4.78 is 23.2. The molecule has 10 nitrogen and oxygen atoms in total. The molecule has 1 saturated carbocycles. The van der Waals surface area contributed by atoms with Crippen molar-refractivity contribution in [3.63, 3.8) is 0 Å². The fraction of sp³-hybridized carbons (Fsp3) is 0.529. The maximum Gasteiger partial charge on any atom is 0.318 e. The first-order valence-corrected chi connectivity index (χ1v) is 16.2. The first kappa shape index (κ1) is 29.7. The quantitative estimate of drug-likeness (QED) is 0.284. The number of anilines is 2. The standard InChI is InChI=1S/C34H43FN8O2/c1-5-25-27(35)9-8-22-15-24(44)16-30(31(22)25)42-14-10-26-29(19-42)36-33(45-21-34(11-12-34)20-40(2)3)37-32(26)43-13-6-7-23(17-43)28-18-41(4)39-38-28/h8-9,15-16,18,23,44H,5-7,10-14,17,19-21H2,1-4H3. The number of ether oxygens (including phenoxy) is 1. The Balaban J connectivity index is 1.25. The highest BCUT2D eigenvalue weighted by Gasteiger charge is 2.44. The van der Waals surface area contributed by atoms with E-state index in [1.807, 2.05) is 20.2 Å². The fourth-order valence-electron chi connectivity index (χ4n) is 7.37. The fourth-order valence-corrected chi connectivity index (χ4v) is 7.37. The van der Waals surface area contributed by atoms with Gasteiger partial charge in [-0.2, -0.15) is 9.97 Å². The third-order valence-corrected chi connectivity index (χ3v) is 9.72. The Morgan fingerprint density at radius 1 is 1.13 bits per heavy atom. The van der Waals surface area contributed by atoms with Crippen LogP contribution in [0.5, 0.6) is 11.8 Å². The summed E-state index contributed by atoms with van der Waals surface area (Å²) in [4.78, 5) is 16.9. The summed E-state index contributed by atoms with van der Waals surface area (Å²) in [5, 5.41) is 21.0. The normalized spacial score (nSPS) is 19.3. The number of hydrogen-bond donors (Lipinski definition) is 1. The van der Waals surface area contributed by atoms with Gasteiger partial charge in [-0.05, 0) is 75.7 Å². The second kappa shape index (κ2) is 11.7. The number of rotatable bonds is 9. The van der Waals surface area contributed by atoms with Crippen LogP contribution in [0.3, 0.4) is 0 Å². The number of benzene rings is 2. The zero-order chi connectivity index (χ0) is 31.3. The second-order valence-electron chi connectivity index (χ2n) is 13.5. The van der Waals surface area contributed by atoms with Crippen molar-refractivity contribution < 1.29 is 14.2 Å². The van der Waals surface area contributed by atoms with Gasteiger partial charge in [0.2, 0.25) is 0 Å². The Labute approximate surface area is 263 Å². The van der Waals surface area contributed by atoms with E-state index in [-0.39, 0.29) is 22.9 Å². The van der Waals surface area contributed by atoms with E-state index in [0.29, 0.717) is 37.7 Å². The summed E-state index contributed by atoms with van der Waals surface area (Å²) in [5.41, 5.74) is 4.73. The maximum atomic E-state index is 15.0. The average Bonchev–Trinajstić information content (AvgIpc) is 3.65. The summed E-state index contributed by atoms with van der Waals surface area (Å²) in [7, 11) is 6.11. The highest BCUT2D eigenvalue weighted by atomic mass is 19.1. The molecule has 238 valence electrons. The second-order valence-corrected chi connectivity index (χ2v) is 13.5. The molecule has 4 heterocycles. The Bertz CT molecular complexity index is 1720. The Hall–Kier alpha value is -3.99. The van der Waals surface area contributed by atoms with Crippen molar-refractivity contribution >= 4 is 22.3 Å². The van der Waals surface area contributed by atoms with Crippen LogP contribution < -0.4 is 14.5 Å². The molecule has 7 rings (SSSR count). The molecular weight excluding hydrogens is 571 g/mol. The molecule has 1 saturated heterocycles. The summed E-state index contributed by atoms with van der Waals surface area (Å²) in [6, 6.07) is 7.14. The minimum atomic E-state index is -0.218. The van der Waals surface area contributed by atoms with Crippen LogP contribution in [0.15, 0.2) is 30.5 Å². The molecule has 1 N–H and O–H groups in total. The minimum Gasteiger partial charge on any atom is -0.508 e. The van der Waals surface area contributed by atoms with Gasteiger partial charge in [-0.25, -0.2) is 4.39 Å². The molecule has 0 bridgehead atoms. The van der Waals surface area contributed by atoms with E-state index in [4.69, 9.17) is 14.7 Å². The average molecular weight is 615 g/mol. The molecule has 0 amide bonds. The van der Waals surface area contributed by atoms with Crippen LogP contribution in [-0.2, 0) is 26.4 Å². The monoisotopic (exact) mass is 614 g/mol. The van der Waals surface area contributed by atoms with E-state index < -0.39 is 0 Å². The van der Waals surface area contributed by atoms with E-state index in [1.165, 1.54) is 6.07 Å². The molecule has 3 aliphatic rings. The van der Waals surface area contributed by atoms with Crippen molar-refractivity contribution in [2.45, 2.75) is 57.9 Å². The smallest absolute Gasteiger partial charge is 0.318 e. The Kier molecular flexibility index (Phi) is 7.75. The van der Waals surface area contributed by atoms with E-state index >= 15 is 4.39 Å². The zero-order valence-corrected chi connectivity index (χ0v) is 26.8. The lowest BCUT2D eigenvalue weighted by Crippen LogP contribution is -2.38. The number of aryl methyl sites for hydroxylation is 2. The van der Waals surface area contributed by atoms with Gasteiger partial charge in [0.15, 0.2) is 0 Å². The number of fused-ring (bicyclic) bond motifs is 2. The number of halogens is 1. The lowest BCUT2D eigenvalue weighted by molar-refractivity contribution is 0.182. The van der Waals surface area contributed by atoms with E-state index in [2.05, 4.69) is 39.1 Å². The van der Waals surface area contributed by atoms with Crippen molar-refractivity contribution in [3.8, 4) is 11.8 Å². The molecule has 0 spiro atoms. The third-order valence-electron chi connectivity index (χ3n) is 9.72. The largest absolute Gasteiger partial charge is 0.508 e. The van der Waals surface area contributed by atoms with Crippen molar-refractivity contribution in [2.24, 2.45) is 12.5 Å². The van der Waals surface area contributed by atoms with Gasteiger partial charge in [0, 0.05) is 73.5 Å². The lowest BCUT2D eigenvalue weighted by Gasteiger charge is -2.37. The molecule has 4 aromatic rings. The van der Waals surface area contributed by atoms with Crippen LogP contribution >= 0.6 is 0 Å². The van der Waals surface area contributed by atoms with Crippen molar-refractivity contribution in [1.29, 1.82) is 0 Å². The lowest BCUT2D eigenvalue weighted by atomic mass is 9.94. The predicted molar refractivity (Wildman–Crippen MR) is 173 cm³/mol. The molecule has 0 radical (unpaired) electrons. The van der Waals surface area contributed by atoms with Crippen LogP contribution in [0.2, 0.25) is 0 Å².